The van der Waals surface area contributed by atoms with Gasteiger partial charge in [0.2, 0.25) is 0 Å². The van der Waals surface area contributed by atoms with Gasteiger partial charge in [0, 0.05) is 16.2 Å². The van der Waals surface area contributed by atoms with E-state index in [9.17, 15) is 4.79 Å². The number of aryl methyl sites for hydroxylation is 2. The van der Waals surface area contributed by atoms with Crippen LogP contribution in [-0.4, -0.2) is 22.1 Å². The molecule has 0 unspecified atom stereocenters. The molecular formula is C15H21N3O2S. The average molecular weight is 307 g/mol. The summed E-state index contributed by atoms with van der Waals surface area (Å²) in [4.78, 5) is 18.8. The summed E-state index contributed by atoms with van der Waals surface area (Å²) >= 11 is 1.76. The molecular weight excluding hydrogens is 286 g/mol. The second kappa shape index (κ2) is 6.76. The van der Waals surface area contributed by atoms with Crippen LogP contribution in [0.25, 0.3) is 0 Å². The van der Waals surface area contributed by atoms with Gasteiger partial charge in [-0.2, -0.15) is 0 Å². The lowest BCUT2D eigenvalue weighted by Gasteiger charge is -2.07. The third-order valence-electron chi connectivity index (χ3n) is 3.25. The fourth-order valence-corrected chi connectivity index (χ4v) is 3.11. The predicted octanol–water partition coefficient (Wildman–Crippen LogP) is 2.88. The van der Waals surface area contributed by atoms with Crippen molar-refractivity contribution in [3.8, 4) is 0 Å². The zero-order chi connectivity index (χ0) is 15.4. The molecule has 0 saturated carbocycles. The van der Waals surface area contributed by atoms with Gasteiger partial charge in [-0.05, 0) is 25.5 Å². The number of ether oxygens (including phenoxy) is 1. The van der Waals surface area contributed by atoms with Crippen LogP contribution in [0.3, 0.4) is 0 Å². The monoisotopic (exact) mass is 307 g/mol. The number of nitrogen functional groups attached to an aromatic ring is 1. The molecule has 2 aromatic rings. The maximum absolute atomic E-state index is 11.9. The molecule has 2 aromatic heterocycles. The van der Waals surface area contributed by atoms with E-state index in [-0.39, 0.29) is 5.69 Å². The van der Waals surface area contributed by atoms with E-state index < -0.39 is 5.97 Å². The second-order valence-electron chi connectivity index (χ2n) is 4.64. The number of imidazole rings is 1. The van der Waals surface area contributed by atoms with Gasteiger partial charge in [0.05, 0.1) is 13.2 Å². The Morgan fingerprint density at radius 1 is 1.29 bits per heavy atom. The minimum Gasteiger partial charge on any atom is -0.461 e. The Hall–Kier alpha value is -1.82. The standard InChI is InChI=1S/C15H21N3O2S/c1-4-10-7-8-11(21-10)9-18-12(5-2)17-13(14(18)16)15(19)20-6-3/h7-8H,4-6,9,16H2,1-3H3. The van der Waals surface area contributed by atoms with Crippen LogP contribution in [0.5, 0.6) is 0 Å². The van der Waals surface area contributed by atoms with Gasteiger partial charge in [0.1, 0.15) is 11.6 Å². The summed E-state index contributed by atoms with van der Waals surface area (Å²) in [6, 6.07) is 4.23. The third-order valence-corrected chi connectivity index (χ3v) is 4.46. The third kappa shape index (κ3) is 3.26. The Morgan fingerprint density at radius 3 is 2.57 bits per heavy atom. The molecule has 0 aromatic carbocycles. The Morgan fingerprint density at radius 2 is 2.00 bits per heavy atom. The number of nitrogens with two attached hydrogens (primary N) is 1. The molecule has 0 aliphatic rings. The molecule has 0 aliphatic heterocycles. The Labute approximate surface area is 128 Å². The number of hydrogen-bond donors (Lipinski definition) is 1. The number of aromatic nitrogens is 2. The molecule has 0 amide bonds. The van der Waals surface area contributed by atoms with Crippen molar-refractivity contribution in [3.63, 3.8) is 0 Å². The Kier molecular flexibility index (Phi) is 5.01. The molecule has 0 bridgehead atoms. The smallest absolute Gasteiger partial charge is 0.360 e. The number of hydrogen-bond acceptors (Lipinski definition) is 5. The van der Waals surface area contributed by atoms with Crippen LogP contribution in [-0.2, 0) is 24.1 Å². The van der Waals surface area contributed by atoms with Crippen molar-refractivity contribution in [1.82, 2.24) is 9.55 Å². The number of carbonyl (C=O) groups is 1. The summed E-state index contributed by atoms with van der Waals surface area (Å²) in [7, 11) is 0. The van der Waals surface area contributed by atoms with Crippen LogP contribution >= 0.6 is 11.3 Å². The van der Waals surface area contributed by atoms with Crippen LogP contribution in [0, 0.1) is 0 Å². The summed E-state index contributed by atoms with van der Waals surface area (Å²) in [5, 5.41) is 0. The summed E-state index contributed by atoms with van der Waals surface area (Å²) in [5.74, 6) is 0.739. The van der Waals surface area contributed by atoms with E-state index in [0.717, 1.165) is 18.7 Å². The zero-order valence-electron chi connectivity index (χ0n) is 12.7. The van der Waals surface area contributed by atoms with E-state index in [1.165, 1.54) is 9.75 Å². The van der Waals surface area contributed by atoms with Gasteiger partial charge in [-0.3, -0.25) is 0 Å². The molecule has 0 spiro atoms. The van der Waals surface area contributed by atoms with Gasteiger partial charge in [-0.15, -0.1) is 11.3 Å². The fraction of sp³-hybridized carbons (Fsp3) is 0.467. The summed E-state index contributed by atoms with van der Waals surface area (Å²) in [6.45, 7) is 6.86. The number of rotatable bonds is 6. The van der Waals surface area contributed by atoms with E-state index in [4.69, 9.17) is 10.5 Å². The molecule has 21 heavy (non-hydrogen) atoms. The van der Waals surface area contributed by atoms with Gasteiger partial charge in [-0.1, -0.05) is 13.8 Å². The molecule has 2 heterocycles. The summed E-state index contributed by atoms with van der Waals surface area (Å²) < 4.78 is 6.90. The molecule has 0 saturated heterocycles. The predicted molar refractivity (Wildman–Crippen MR) is 84.8 cm³/mol. The van der Waals surface area contributed by atoms with Crippen LogP contribution in [0.15, 0.2) is 12.1 Å². The van der Waals surface area contributed by atoms with E-state index in [1.807, 2.05) is 11.5 Å². The SMILES string of the molecule is CCOC(=O)c1nc(CC)n(Cc2ccc(CC)s2)c1N. The zero-order valence-corrected chi connectivity index (χ0v) is 13.5. The largest absolute Gasteiger partial charge is 0.461 e. The molecule has 114 valence electrons. The minimum atomic E-state index is -0.455. The molecule has 2 N–H and O–H groups in total. The number of carbonyl (C=O) groups excluding carboxylic acids is 1. The van der Waals surface area contributed by atoms with Crippen LogP contribution in [0.1, 0.15) is 46.8 Å². The van der Waals surface area contributed by atoms with Crippen molar-refractivity contribution in [1.29, 1.82) is 0 Å². The second-order valence-corrected chi connectivity index (χ2v) is 5.90. The fourth-order valence-electron chi connectivity index (χ4n) is 2.16. The quantitative estimate of drug-likeness (QED) is 0.833. The number of nitrogens with zero attached hydrogens (tertiary/aromatic N) is 2. The molecule has 5 nitrogen and oxygen atoms in total. The molecule has 2 rings (SSSR count). The van der Waals surface area contributed by atoms with Crippen molar-refractivity contribution in [3.05, 3.63) is 33.4 Å². The van der Waals surface area contributed by atoms with Crippen molar-refractivity contribution in [2.45, 2.75) is 40.2 Å². The van der Waals surface area contributed by atoms with Crippen molar-refractivity contribution in [2.24, 2.45) is 0 Å². The lowest BCUT2D eigenvalue weighted by molar-refractivity contribution is 0.0521. The maximum atomic E-state index is 11.9. The molecule has 0 fully saturated rings. The first-order valence-electron chi connectivity index (χ1n) is 7.20. The first-order chi connectivity index (χ1) is 10.1. The van der Waals surface area contributed by atoms with Crippen LogP contribution < -0.4 is 5.73 Å². The van der Waals surface area contributed by atoms with Crippen LogP contribution in [0.2, 0.25) is 0 Å². The molecule has 0 atom stereocenters. The molecule has 0 radical (unpaired) electrons. The van der Waals surface area contributed by atoms with Crippen molar-refractivity contribution in [2.75, 3.05) is 12.3 Å². The van der Waals surface area contributed by atoms with E-state index in [2.05, 4.69) is 24.0 Å². The Bertz CT molecular complexity index is 631. The van der Waals surface area contributed by atoms with E-state index in [1.54, 1.807) is 18.3 Å². The van der Waals surface area contributed by atoms with E-state index in [0.29, 0.717) is 19.0 Å². The highest BCUT2D eigenvalue weighted by molar-refractivity contribution is 7.11. The van der Waals surface area contributed by atoms with Gasteiger partial charge in [-0.25, -0.2) is 9.78 Å². The lowest BCUT2D eigenvalue weighted by atomic mass is 10.3. The summed E-state index contributed by atoms with van der Waals surface area (Å²) in [5.41, 5.74) is 6.33. The molecule has 0 aliphatic carbocycles. The summed E-state index contributed by atoms with van der Waals surface area (Å²) in [6.07, 6.45) is 1.74. The lowest BCUT2D eigenvalue weighted by Crippen LogP contribution is -2.10. The van der Waals surface area contributed by atoms with Crippen molar-refractivity contribution >= 4 is 23.1 Å². The number of anilines is 1. The number of esters is 1. The topological polar surface area (TPSA) is 70.1 Å². The highest BCUT2D eigenvalue weighted by atomic mass is 32.1. The van der Waals surface area contributed by atoms with Gasteiger partial charge in [0.15, 0.2) is 5.69 Å². The van der Waals surface area contributed by atoms with Gasteiger partial charge in [0.25, 0.3) is 0 Å². The first-order valence-corrected chi connectivity index (χ1v) is 8.01. The van der Waals surface area contributed by atoms with Crippen LogP contribution in [0.4, 0.5) is 5.82 Å². The average Bonchev–Trinajstić information content (AvgIpc) is 3.05. The van der Waals surface area contributed by atoms with Gasteiger partial charge >= 0.3 is 5.97 Å². The highest BCUT2D eigenvalue weighted by Gasteiger charge is 2.21. The highest BCUT2D eigenvalue weighted by Crippen LogP contribution is 2.23. The number of thiophene rings is 1. The maximum Gasteiger partial charge on any atom is 0.360 e. The Balaban J connectivity index is 2.31. The minimum absolute atomic E-state index is 0.223. The van der Waals surface area contributed by atoms with E-state index >= 15 is 0 Å². The van der Waals surface area contributed by atoms with Gasteiger partial charge < -0.3 is 15.0 Å². The normalized spacial score (nSPS) is 10.8. The molecule has 6 heteroatoms. The van der Waals surface area contributed by atoms with Crippen molar-refractivity contribution < 1.29 is 9.53 Å². The first kappa shape index (κ1) is 15.6.